The Morgan fingerprint density at radius 3 is 2.83 bits per heavy atom. The summed E-state index contributed by atoms with van der Waals surface area (Å²) in [5.74, 6) is -1.21. The predicted octanol–water partition coefficient (Wildman–Crippen LogP) is 1.57. The lowest BCUT2D eigenvalue weighted by Gasteiger charge is -2.34. The zero-order valence-corrected chi connectivity index (χ0v) is 10.9. The molecule has 0 saturated heterocycles. The quantitative estimate of drug-likeness (QED) is 0.794. The Morgan fingerprint density at radius 2 is 2.22 bits per heavy atom. The van der Waals surface area contributed by atoms with Crippen LogP contribution in [0.5, 0.6) is 0 Å². The Hall–Kier alpha value is -1.69. The number of aliphatic carboxylic acids is 1. The molecule has 18 heavy (non-hydrogen) atoms. The van der Waals surface area contributed by atoms with Gasteiger partial charge in [0.25, 0.3) is 0 Å². The normalized spacial score (nSPS) is 20.4. The number of carboxylic acid groups (broad SMARTS) is 1. The molecular formula is C12H14N2O3S. The Bertz CT molecular complexity index is 518. The lowest BCUT2D eigenvalue weighted by molar-refractivity contribution is -0.139. The standard InChI is InChI=1S/C12H14N2O3S/c1-6(12(16)17)14-9-4-3-8(13)5-10(9)18-7(2)11(14)15/h3-7H,13H2,1-2H3,(H,16,17). The van der Waals surface area contributed by atoms with Gasteiger partial charge < -0.3 is 10.8 Å². The molecule has 3 N–H and O–H groups in total. The van der Waals surface area contributed by atoms with Crippen molar-refractivity contribution in [2.45, 2.75) is 30.0 Å². The number of rotatable bonds is 2. The fraction of sp³-hybridized carbons (Fsp3) is 0.333. The van der Waals surface area contributed by atoms with Crippen LogP contribution in [0, 0.1) is 0 Å². The highest BCUT2D eigenvalue weighted by Gasteiger charge is 2.36. The molecule has 0 aromatic heterocycles. The van der Waals surface area contributed by atoms with E-state index in [4.69, 9.17) is 10.8 Å². The molecule has 6 heteroatoms. The number of hydrogen-bond acceptors (Lipinski definition) is 4. The summed E-state index contributed by atoms with van der Waals surface area (Å²) < 4.78 is 0. The van der Waals surface area contributed by atoms with Crippen LogP contribution in [0.15, 0.2) is 23.1 Å². The van der Waals surface area contributed by atoms with Crippen molar-refractivity contribution in [1.29, 1.82) is 0 Å². The summed E-state index contributed by atoms with van der Waals surface area (Å²) in [4.78, 5) is 25.4. The average molecular weight is 266 g/mol. The second-order valence-electron chi connectivity index (χ2n) is 4.21. The summed E-state index contributed by atoms with van der Waals surface area (Å²) >= 11 is 1.40. The maximum atomic E-state index is 12.1. The molecule has 0 radical (unpaired) electrons. The number of nitrogens with two attached hydrogens (primary N) is 1. The van der Waals surface area contributed by atoms with Gasteiger partial charge in [0.05, 0.1) is 10.9 Å². The van der Waals surface area contributed by atoms with E-state index >= 15 is 0 Å². The van der Waals surface area contributed by atoms with Gasteiger partial charge in [-0.15, -0.1) is 11.8 Å². The van der Waals surface area contributed by atoms with Crippen LogP contribution in [0.4, 0.5) is 11.4 Å². The molecule has 1 amide bonds. The first-order valence-corrected chi connectivity index (χ1v) is 6.42. The van der Waals surface area contributed by atoms with E-state index in [2.05, 4.69) is 0 Å². The maximum Gasteiger partial charge on any atom is 0.326 e. The summed E-state index contributed by atoms with van der Waals surface area (Å²) in [6.45, 7) is 3.27. The van der Waals surface area contributed by atoms with Crippen LogP contribution in [0.3, 0.4) is 0 Å². The minimum absolute atomic E-state index is 0.188. The van der Waals surface area contributed by atoms with Crippen molar-refractivity contribution in [2.75, 3.05) is 10.6 Å². The minimum Gasteiger partial charge on any atom is -0.480 e. The van der Waals surface area contributed by atoms with Crippen LogP contribution in [-0.2, 0) is 9.59 Å². The van der Waals surface area contributed by atoms with Crippen molar-refractivity contribution in [1.82, 2.24) is 0 Å². The van der Waals surface area contributed by atoms with E-state index in [0.717, 1.165) is 4.90 Å². The van der Waals surface area contributed by atoms with Crippen molar-refractivity contribution in [3.63, 3.8) is 0 Å². The third-order valence-electron chi connectivity index (χ3n) is 2.88. The number of anilines is 2. The zero-order valence-electron chi connectivity index (χ0n) is 10.1. The number of nitrogen functional groups attached to an aromatic ring is 1. The topological polar surface area (TPSA) is 83.6 Å². The molecule has 1 heterocycles. The number of carbonyl (C=O) groups excluding carboxylic acids is 1. The van der Waals surface area contributed by atoms with Gasteiger partial charge in [-0.05, 0) is 32.0 Å². The van der Waals surface area contributed by atoms with Crippen LogP contribution in [-0.4, -0.2) is 28.3 Å². The highest BCUT2D eigenvalue weighted by Crippen LogP contribution is 2.41. The van der Waals surface area contributed by atoms with E-state index in [1.807, 2.05) is 0 Å². The van der Waals surface area contributed by atoms with Gasteiger partial charge in [-0.1, -0.05) is 0 Å². The van der Waals surface area contributed by atoms with E-state index in [1.54, 1.807) is 25.1 Å². The monoisotopic (exact) mass is 266 g/mol. The number of nitrogens with zero attached hydrogens (tertiary/aromatic N) is 1. The van der Waals surface area contributed by atoms with Crippen molar-refractivity contribution >= 4 is 35.0 Å². The minimum atomic E-state index is -1.02. The second-order valence-corrected chi connectivity index (χ2v) is 5.59. The summed E-state index contributed by atoms with van der Waals surface area (Å²) in [6.07, 6.45) is 0. The molecule has 96 valence electrons. The van der Waals surface area contributed by atoms with Crippen LogP contribution in [0.2, 0.25) is 0 Å². The van der Waals surface area contributed by atoms with Gasteiger partial charge in [-0.2, -0.15) is 0 Å². The summed E-state index contributed by atoms with van der Waals surface area (Å²) in [5.41, 5.74) is 6.93. The average Bonchev–Trinajstić information content (AvgIpc) is 2.30. The molecule has 5 nitrogen and oxygen atoms in total. The summed E-state index contributed by atoms with van der Waals surface area (Å²) in [6, 6.07) is 4.25. The number of benzene rings is 1. The number of amides is 1. The molecule has 0 aliphatic carbocycles. The lowest BCUT2D eigenvalue weighted by atomic mass is 10.2. The van der Waals surface area contributed by atoms with E-state index in [0.29, 0.717) is 11.4 Å². The fourth-order valence-electron chi connectivity index (χ4n) is 1.89. The van der Waals surface area contributed by atoms with Gasteiger partial charge in [-0.25, -0.2) is 4.79 Å². The van der Waals surface area contributed by atoms with Gasteiger partial charge in [0.1, 0.15) is 6.04 Å². The molecule has 1 aromatic rings. The SMILES string of the molecule is CC1Sc2cc(N)ccc2N(C(C)C(=O)O)C1=O. The van der Waals surface area contributed by atoms with Gasteiger partial charge in [-0.3, -0.25) is 9.69 Å². The molecule has 0 bridgehead atoms. The number of carbonyl (C=O) groups is 2. The Labute approximate surface area is 109 Å². The molecular weight excluding hydrogens is 252 g/mol. The third kappa shape index (κ3) is 2.03. The lowest BCUT2D eigenvalue weighted by Crippen LogP contribution is -2.48. The van der Waals surface area contributed by atoms with Crippen LogP contribution in [0.1, 0.15) is 13.8 Å². The third-order valence-corrected chi connectivity index (χ3v) is 4.01. The number of thioether (sulfide) groups is 1. The summed E-state index contributed by atoms with van der Waals surface area (Å²) in [5, 5.41) is 8.79. The Kier molecular flexibility index (Phi) is 3.21. The highest BCUT2D eigenvalue weighted by atomic mass is 32.2. The molecule has 1 aliphatic heterocycles. The van der Waals surface area contributed by atoms with E-state index in [9.17, 15) is 9.59 Å². The highest BCUT2D eigenvalue weighted by molar-refractivity contribution is 8.01. The first-order chi connectivity index (χ1) is 8.41. The number of hydrogen-bond donors (Lipinski definition) is 2. The molecule has 2 unspecified atom stereocenters. The van der Waals surface area contributed by atoms with Gasteiger partial charge in [0.15, 0.2) is 0 Å². The van der Waals surface area contributed by atoms with Gasteiger partial charge in [0.2, 0.25) is 5.91 Å². The molecule has 1 aliphatic rings. The smallest absolute Gasteiger partial charge is 0.326 e. The largest absolute Gasteiger partial charge is 0.480 e. The first-order valence-electron chi connectivity index (χ1n) is 5.54. The van der Waals surface area contributed by atoms with Gasteiger partial charge in [0, 0.05) is 10.6 Å². The van der Waals surface area contributed by atoms with E-state index < -0.39 is 12.0 Å². The molecule has 0 fully saturated rings. The van der Waals surface area contributed by atoms with Crippen LogP contribution >= 0.6 is 11.8 Å². The van der Waals surface area contributed by atoms with Crippen molar-refractivity contribution < 1.29 is 14.7 Å². The van der Waals surface area contributed by atoms with Gasteiger partial charge >= 0.3 is 5.97 Å². The van der Waals surface area contributed by atoms with Crippen molar-refractivity contribution in [3.05, 3.63) is 18.2 Å². The number of carboxylic acids is 1. The first kappa shape index (κ1) is 12.8. The Balaban J connectivity index is 2.52. The maximum absolute atomic E-state index is 12.1. The second kappa shape index (κ2) is 4.53. The van der Waals surface area contributed by atoms with Crippen LogP contribution in [0.25, 0.3) is 0 Å². The number of fused-ring (bicyclic) bond motifs is 1. The Morgan fingerprint density at radius 1 is 1.56 bits per heavy atom. The molecule has 1 aromatic carbocycles. The molecule has 2 atom stereocenters. The summed E-state index contributed by atoms with van der Waals surface area (Å²) in [7, 11) is 0. The molecule has 0 saturated carbocycles. The fourth-order valence-corrected chi connectivity index (χ4v) is 2.98. The molecule has 0 spiro atoms. The van der Waals surface area contributed by atoms with E-state index in [1.165, 1.54) is 23.6 Å². The van der Waals surface area contributed by atoms with Crippen LogP contribution < -0.4 is 10.6 Å². The molecule has 2 rings (SSSR count). The zero-order chi connectivity index (χ0) is 13.4. The van der Waals surface area contributed by atoms with E-state index in [-0.39, 0.29) is 11.2 Å². The predicted molar refractivity (Wildman–Crippen MR) is 70.8 cm³/mol. The van der Waals surface area contributed by atoms with Crippen molar-refractivity contribution in [3.8, 4) is 0 Å². The van der Waals surface area contributed by atoms with Crippen molar-refractivity contribution in [2.24, 2.45) is 0 Å².